The Morgan fingerprint density at radius 3 is 2.54 bits per heavy atom. The number of benzene rings is 2. The first-order chi connectivity index (χ1) is 13.3. The number of hydrogen-bond acceptors (Lipinski definition) is 3. The number of carbonyl (C=O) groups is 2. The minimum atomic E-state index is -4.43. The molecule has 2 aromatic carbocycles. The highest BCUT2D eigenvalue weighted by Crippen LogP contribution is 2.38. The van der Waals surface area contributed by atoms with Crippen LogP contribution in [-0.2, 0) is 15.8 Å². The molecule has 2 amide bonds. The van der Waals surface area contributed by atoms with Crippen LogP contribution in [0.4, 0.5) is 18.9 Å². The highest BCUT2D eigenvalue weighted by Gasteiger charge is 2.38. The number of alkyl halides is 3. The van der Waals surface area contributed by atoms with Gasteiger partial charge in [0.15, 0.2) is 0 Å². The van der Waals surface area contributed by atoms with E-state index < -0.39 is 17.7 Å². The van der Waals surface area contributed by atoms with Crippen LogP contribution in [-0.4, -0.2) is 17.5 Å². The Balaban J connectivity index is 1.60. The first-order valence-corrected chi connectivity index (χ1v) is 8.77. The van der Waals surface area contributed by atoms with Gasteiger partial charge in [-0.2, -0.15) is 18.3 Å². The average molecular weight is 387 g/mol. The molecule has 1 aliphatic heterocycles. The highest BCUT2D eigenvalue weighted by molar-refractivity contribution is 6.10. The molecule has 8 heteroatoms. The van der Waals surface area contributed by atoms with E-state index in [4.69, 9.17) is 0 Å². The number of anilines is 1. The Morgan fingerprint density at radius 2 is 1.82 bits per heavy atom. The van der Waals surface area contributed by atoms with Crippen LogP contribution < -0.4 is 10.7 Å². The molecule has 2 aromatic rings. The van der Waals surface area contributed by atoms with Gasteiger partial charge in [0.25, 0.3) is 0 Å². The molecule has 2 aliphatic rings. The van der Waals surface area contributed by atoms with E-state index in [9.17, 15) is 22.8 Å². The van der Waals surface area contributed by atoms with E-state index in [-0.39, 0.29) is 29.8 Å². The third-order valence-corrected chi connectivity index (χ3v) is 5.05. The Kier molecular flexibility index (Phi) is 4.41. The normalized spacial score (nSPS) is 21.1. The molecule has 1 aliphatic carbocycles. The second-order valence-corrected chi connectivity index (χ2v) is 6.87. The van der Waals surface area contributed by atoms with Gasteiger partial charge in [0.2, 0.25) is 11.8 Å². The van der Waals surface area contributed by atoms with E-state index in [1.54, 1.807) is 0 Å². The molecule has 0 saturated heterocycles. The van der Waals surface area contributed by atoms with E-state index >= 15 is 0 Å². The lowest BCUT2D eigenvalue weighted by molar-refractivity contribution is -0.137. The zero-order valence-electron chi connectivity index (χ0n) is 14.6. The third kappa shape index (κ3) is 3.37. The molecule has 4 rings (SSSR count). The highest BCUT2D eigenvalue weighted by atomic mass is 19.4. The maximum atomic E-state index is 12.9. The van der Waals surface area contributed by atoms with Gasteiger partial charge in [-0.25, -0.2) is 5.43 Å². The van der Waals surface area contributed by atoms with Crippen LogP contribution in [0.3, 0.4) is 0 Å². The van der Waals surface area contributed by atoms with Crippen molar-refractivity contribution in [2.75, 3.05) is 5.32 Å². The predicted molar refractivity (Wildman–Crippen MR) is 96.7 cm³/mol. The monoisotopic (exact) mass is 387 g/mol. The van der Waals surface area contributed by atoms with Crippen molar-refractivity contribution in [3.8, 4) is 0 Å². The van der Waals surface area contributed by atoms with E-state index in [0.29, 0.717) is 6.42 Å². The summed E-state index contributed by atoms with van der Waals surface area (Å²) in [4.78, 5) is 24.6. The van der Waals surface area contributed by atoms with Crippen molar-refractivity contribution in [3.05, 3.63) is 65.2 Å². The molecule has 144 valence electrons. The maximum Gasteiger partial charge on any atom is 0.416 e. The number of halogens is 3. The van der Waals surface area contributed by atoms with Crippen LogP contribution in [0, 0.1) is 5.92 Å². The number of hydrazone groups is 1. The Bertz CT molecular complexity index is 967. The van der Waals surface area contributed by atoms with Crippen molar-refractivity contribution in [1.29, 1.82) is 0 Å². The van der Waals surface area contributed by atoms with Crippen molar-refractivity contribution in [2.45, 2.75) is 24.9 Å². The zero-order valence-corrected chi connectivity index (χ0v) is 14.6. The number of nitrogens with zero attached hydrogens (tertiary/aromatic N) is 1. The molecule has 0 fully saturated rings. The molecule has 5 nitrogen and oxygen atoms in total. The largest absolute Gasteiger partial charge is 0.416 e. The number of rotatable bonds is 2. The second-order valence-electron chi connectivity index (χ2n) is 6.87. The van der Waals surface area contributed by atoms with Crippen LogP contribution in [0.5, 0.6) is 0 Å². The summed E-state index contributed by atoms with van der Waals surface area (Å²) in [5, 5.41) is 6.85. The van der Waals surface area contributed by atoms with Crippen LogP contribution >= 0.6 is 0 Å². The smallest absolute Gasteiger partial charge is 0.326 e. The summed E-state index contributed by atoms with van der Waals surface area (Å²) in [7, 11) is 0. The van der Waals surface area contributed by atoms with E-state index in [1.165, 1.54) is 12.1 Å². The van der Waals surface area contributed by atoms with Gasteiger partial charge >= 0.3 is 6.18 Å². The van der Waals surface area contributed by atoms with Crippen LogP contribution in [0.15, 0.2) is 53.6 Å². The molecule has 2 N–H and O–H groups in total. The SMILES string of the molecule is O=C1C[C@H]2C[C@@H](C(=O)Nc3ccc(C(F)(F)F)cc3)c3ccccc3C2=NN1. The second kappa shape index (κ2) is 6.78. The molecular weight excluding hydrogens is 371 g/mol. The van der Waals surface area contributed by atoms with Crippen LogP contribution in [0.25, 0.3) is 0 Å². The lowest BCUT2D eigenvalue weighted by Gasteiger charge is -2.33. The molecule has 28 heavy (non-hydrogen) atoms. The summed E-state index contributed by atoms with van der Waals surface area (Å²) in [5.74, 6) is -1.22. The van der Waals surface area contributed by atoms with Gasteiger partial charge in [-0.05, 0) is 36.2 Å². The van der Waals surface area contributed by atoms with Gasteiger partial charge in [-0.3, -0.25) is 9.59 Å². The van der Waals surface area contributed by atoms with Gasteiger partial charge < -0.3 is 5.32 Å². The first kappa shape index (κ1) is 18.2. The first-order valence-electron chi connectivity index (χ1n) is 8.77. The molecule has 0 saturated carbocycles. The summed E-state index contributed by atoms with van der Waals surface area (Å²) in [5.41, 5.74) is 4.35. The van der Waals surface area contributed by atoms with Crippen molar-refractivity contribution in [2.24, 2.45) is 11.0 Å². The number of fused-ring (bicyclic) bond motifs is 3. The Hall–Kier alpha value is -3.16. The van der Waals surface area contributed by atoms with E-state index in [0.717, 1.165) is 29.0 Å². The van der Waals surface area contributed by atoms with Gasteiger partial charge in [0.05, 0.1) is 17.2 Å². The molecule has 0 radical (unpaired) electrons. The van der Waals surface area contributed by atoms with Gasteiger partial charge in [0.1, 0.15) is 0 Å². The van der Waals surface area contributed by atoms with Gasteiger partial charge in [-0.1, -0.05) is 24.3 Å². The van der Waals surface area contributed by atoms with E-state index in [1.807, 2.05) is 24.3 Å². The molecule has 0 aromatic heterocycles. The van der Waals surface area contributed by atoms with Crippen LogP contribution in [0.2, 0.25) is 0 Å². The number of nitrogens with one attached hydrogen (secondary N) is 2. The van der Waals surface area contributed by atoms with Crippen molar-refractivity contribution in [1.82, 2.24) is 5.43 Å². The minimum Gasteiger partial charge on any atom is -0.326 e. The fraction of sp³-hybridized carbons (Fsp3) is 0.250. The van der Waals surface area contributed by atoms with Crippen molar-refractivity contribution < 1.29 is 22.8 Å². The van der Waals surface area contributed by atoms with Gasteiger partial charge in [-0.15, -0.1) is 0 Å². The predicted octanol–water partition coefficient (Wildman–Crippen LogP) is 3.67. The fourth-order valence-electron chi connectivity index (χ4n) is 3.72. The van der Waals surface area contributed by atoms with Crippen molar-refractivity contribution >= 4 is 23.2 Å². The summed E-state index contributed by atoms with van der Waals surface area (Å²) >= 11 is 0. The molecular formula is C20H16F3N3O2. The number of hydrogen-bond donors (Lipinski definition) is 2. The summed E-state index contributed by atoms with van der Waals surface area (Å²) in [6, 6.07) is 11.7. The molecule has 0 spiro atoms. The summed E-state index contributed by atoms with van der Waals surface area (Å²) in [6.45, 7) is 0. The number of carbonyl (C=O) groups excluding carboxylic acids is 2. The fourth-order valence-corrected chi connectivity index (χ4v) is 3.72. The molecule has 1 heterocycles. The number of amides is 2. The maximum absolute atomic E-state index is 12.9. The lowest BCUT2D eigenvalue weighted by Crippen LogP contribution is -2.39. The molecule has 2 atom stereocenters. The van der Waals surface area contributed by atoms with Crippen molar-refractivity contribution in [3.63, 3.8) is 0 Å². The summed E-state index contributed by atoms with van der Waals surface area (Å²) < 4.78 is 38.1. The topological polar surface area (TPSA) is 70.6 Å². The minimum absolute atomic E-state index is 0.174. The Morgan fingerprint density at radius 1 is 1.11 bits per heavy atom. The van der Waals surface area contributed by atoms with Gasteiger partial charge in [0, 0.05) is 23.6 Å². The Labute approximate surface area is 158 Å². The standard InChI is InChI=1S/C20H16F3N3O2/c21-20(22,23)12-5-7-13(8-6-12)24-19(28)16-9-11-10-17(27)25-26-18(11)15-4-2-1-3-14(15)16/h1-8,11,16H,9-10H2,(H,24,28)(H,25,27)/t11-,16-/m1/s1. The quantitative estimate of drug-likeness (QED) is 0.826. The van der Waals surface area contributed by atoms with Crippen LogP contribution in [0.1, 0.15) is 35.4 Å². The molecule has 0 bridgehead atoms. The third-order valence-electron chi connectivity index (χ3n) is 5.05. The lowest BCUT2D eigenvalue weighted by atomic mass is 9.73. The average Bonchev–Trinajstić information content (AvgIpc) is 2.66. The van der Waals surface area contributed by atoms with E-state index in [2.05, 4.69) is 15.8 Å². The zero-order chi connectivity index (χ0) is 19.9. The molecule has 0 unspecified atom stereocenters. The summed E-state index contributed by atoms with van der Waals surface area (Å²) in [6.07, 6.45) is -3.77.